The number of nitrogens with two attached hydrogens (primary N) is 1. The lowest BCUT2D eigenvalue weighted by molar-refractivity contribution is -0.304. The number of carbonyl (C=O) groups excluding carboxylic acids is 3. The first-order valence-electron chi connectivity index (χ1n) is 14.3. The molecule has 0 unspecified atom stereocenters. The minimum Gasteiger partial charge on any atom is -0.505 e. The topological polar surface area (TPSA) is 188 Å². The molecular formula is C33H30F2N2O11. The van der Waals surface area contributed by atoms with E-state index in [0.717, 1.165) is 48.5 Å². The van der Waals surface area contributed by atoms with Crippen LogP contribution in [0.3, 0.4) is 0 Å². The van der Waals surface area contributed by atoms with Crippen molar-refractivity contribution in [1.29, 1.82) is 0 Å². The van der Waals surface area contributed by atoms with Crippen molar-refractivity contribution in [3.05, 3.63) is 99.4 Å². The van der Waals surface area contributed by atoms with E-state index in [1.54, 1.807) is 13.8 Å². The molecule has 0 radical (unpaired) electrons. The average Bonchev–Trinajstić information content (AvgIpc) is 3.03. The van der Waals surface area contributed by atoms with Crippen LogP contribution < -0.4 is 21.0 Å². The number of hydrogen-bond acceptors (Lipinski definition) is 11. The molecule has 252 valence electrons. The van der Waals surface area contributed by atoms with Crippen molar-refractivity contribution >= 4 is 34.6 Å². The van der Waals surface area contributed by atoms with Gasteiger partial charge in [0, 0.05) is 23.8 Å². The van der Waals surface area contributed by atoms with Gasteiger partial charge < -0.3 is 39.3 Å². The number of rotatable bonds is 7. The molecule has 0 bridgehead atoms. The van der Waals surface area contributed by atoms with E-state index in [0.29, 0.717) is 4.90 Å². The van der Waals surface area contributed by atoms with Crippen molar-refractivity contribution in [2.24, 2.45) is 5.73 Å². The summed E-state index contributed by atoms with van der Waals surface area (Å²) in [4.78, 5) is 52.8. The van der Waals surface area contributed by atoms with Crippen molar-refractivity contribution in [2.45, 2.75) is 51.0 Å². The number of fused-ring (bicyclic) bond motifs is 1. The summed E-state index contributed by atoms with van der Waals surface area (Å²) in [5.41, 5.74) is 1.34. The summed E-state index contributed by atoms with van der Waals surface area (Å²) in [6, 6.07) is 10.8. The summed E-state index contributed by atoms with van der Waals surface area (Å²) in [5, 5.41) is 22.3. The van der Waals surface area contributed by atoms with Crippen LogP contribution in [0.4, 0.5) is 19.3 Å². The summed E-state index contributed by atoms with van der Waals surface area (Å²) in [6.07, 6.45) is -6.46. The number of aliphatic hydroxyl groups is 1. The number of benzene rings is 3. The number of hydrogen-bond donors (Lipinski definition) is 3. The fourth-order valence-corrected chi connectivity index (χ4v) is 5.49. The minimum absolute atomic E-state index is 0.00738. The molecule has 13 nitrogen and oxygen atoms in total. The van der Waals surface area contributed by atoms with Crippen molar-refractivity contribution in [3.63, 3.8) is 0 Å². The minimum atomic E-state index is -1.60. The molecule has 4 N–H and O–H groups in total. The molecule has 3 aromatic carbocycles. The van der Waals surface area contributed by atoms with E-state index >= 15 is 0 Å². The largest absolute Gasteiger partial charge is 0.505 e. The SMILES string of the molecule is CO[C@@H]1[C@@H](OC(N)=O)[C@@H](O)[C@H](Oc2ccc3c(O)c(N(C(=O)c4ccc(F)cc4)C(=O)c4ccc(F)cc4)c(=O)oc3c2C)OC1(C)C. The van der Waals surface area contributed by atoms with Gasteiger partial charge in [-0.2, -0.15) is 0 Å². The summed E-state index contributed by atoms with van der Waals surface area (Å²) in [7, 11) is 1.33. The number of aryl methyl sites for hydroxylation is 1. The molecule has 4 atom stereocenters. The van der Waals surface area contributed by atoms with E-state index in [9.17, 15) is 38.2 Å². The van der Waals surface area contributed by atoms with Crippen LogP contribution in [0.25, 0.3) is 11.0 Å². The molecular weight excluding hydrogens is 638 g/mol. The standard InChI is InChI=1S/C33H30F2N2O11/c1-15-21(45-31-24(39)26(47-32(36)43)27(44-4)33(2,3)48-31)14-13-20-23(38)22(30(42)46-25(15)20)37(28(40)16-5-9-18(34)10-6-16)29(41)17-7-11-19(35)12-8-17/h5-14,24,26-27,31,38-39H,1-4H3,(H2,36,43)/t24-,26+,27-,31-/m1/s1. The van der Waals surface area contributed by atoms with Crippen LogP contribution in [-0.4, -0.2) is 65.4 Å². The van der Waals surface area contributed by atoms with Gasteiger partial charge in [0.1, 0.15) is 29.1 Å². The van der Waals surface area contributed by atoms with Gasteiger partial charge in [-0.3, -0.25) is 9.59 Å². The van der Waals surface area contributed by atoms with Gasteiger partial charge in [0.05, 0.1) is 11.0 Å². The number of methoxy groups -OCH3 is 1. The Balaban J connectivity index is 1.58. The Bertz CT molecular complexity index is 1890. The third-order valence-corrected chi connectivity index (χ3v) is 7.80. The summed E-state index contributed by atoms with van der Waals surface area (Å²) in [6.45, 7) is 4.68. The summed E-state index contributed by atoms with van der Waals surface area (Å²) >= 11 is 0. The van der Waals surface area contributed by atoms with Gasteiger partial charge in [-0.15, -0.1) is 0 Å². The van der Waals surface area contributed by atoms with Crippen LogP contribution in [0.15, 0.2) is 69.9 Å². The molecule has 0 saturated carbocycles. The second kappa shape index (κ2) is 13.0. The maximum Gasteiger partial charge on any atom is 0.404 e. The average molecular weight is 669 g/mol. The molecule has 3 amide bonds. The molecule has 4 aromatic rings. The first-order chi connectivity index (χ1) is 22.6. The van der Waals surface area contributed by atoms with Crippen molar-refractivity contribution < 1.29 is 56.7 Å². The van der Waals surface area contributed by atoms with E-state index in [4.69, 9.17) is 29.1 Å². The maximum absolute atomic E-state index is 13.7. The number of anilines is 1. The van der Waals surface area contributed by atoms with E-state index in [2.05, 4.69) is 0 Å². The van der Waals surface area contributed by atoms with Gasteiger partial charge in [-0.1, -0.05) is 0 Å². The predicted octanol–water partition coefficient (Wildman–Crippen LogP) is 3.93. The number of amides is 3. The van der Waals surface area contributed by atoms with E-state index in [1.165, 1.54) is 26.2 Å². The van der Waals surface area contributed by atoms with Crippen LogP contribution in [0.5, 0.6) is 11.5 Å². The molecule has 1 aliphatic heterocycles. The normalized spacial score (nSPS) is 20.2. The van der Waals surface area contributed by atoms with E-state index in [1.807, 2.05) is 0 Å². The molecule has 15 heteroatoms. The number of imide groups is 1. The Morgan fingerprint density at radius 3 is 1.98 bits per heavy atom. The van der Waals surface area contributed by atoms with Gasteiger partial charge in [-0.25, -0.2) is 23.3 Å². The molecule has 2 heterocycles. The Kier molecular flexibility index (Phi) is 9.22. The second-order valence-corrected chi connectivity index (χ2v) is 11.4. The highest BCUT2D eigenvalue weighted by molar-refractivity contribution is 6.26. The fourth-order valence-electron chi connectivity index (χ4n) is 5.49. The molecule has 1 fully saturated rings. The lowest BCUT2D eigenvalue weighted by Crippen LogP contribution is -2.65. The Morgan fingerprint density at radius 1 is 0.938 bits per heavy atom. The predicted molar refractivity (Wildman–Crippen MR) is 164 cm³/mol. The van der Waals surface area contributed by atoms with Gasteiger partial charge in [-0.05, 0) is 81.4 Å². The summed E-state index contributed by atoms with van der Waals surface area (Å²) in [5.74, 6) is -4.39. The molecule has 0 aliphatic carbocycles. The number of aliphatic hydroxyl groups excluding tert-OH is 1. The van der Waals surface area contributed by atoms with E-state index in [-0.39, 0.29) is 33.4 Å². The Hall–Kier alpha value is -5.38. The first-order valence-corrected chi connectivity index (χ1v) is 14.3. The van der Waals surface area contributed by atoms with Gasteiger partial charge in [0.25, 0.3) is 11.8 Å². The van der Waals surface area contributed by atoms with Crippen LogP contribution in [0, 0.1) is 18.6 Å². The van der Waals surface area contributed by atoms with Gasteiger partial charge in [0.15, 0.2) is 23.6 Å². The first kappa shape index (κ1) is 34.0. The van der Waals surface area contributed by atoms with Crippen molar-refractivity contribution in [3.8, 4) is 11.5 Å². The number of halogens is 2. The van der Waals surface area contributed by atoms with Crippen molar-refractivity contribution in [1.82, 2.24) is 0 Å². The quantitative estimate of drug-likeness (QED) is 0.191. The molecule has 1 aromatic heterocycles. The zero-order chi connectivity index (χ0) is 35.1. The molecule has 48 heavy (non-hydrogen) atoms. The maximum atomic E-state index is 13.7. The van der Waals surface area contributed by atoms with Crippen molar-refractivity contribution in [2.75, 3.05) is 12.0 Å². The third-order valence-electron chi connectivity index (χ3n) is 7.80. The highest BCUT2D eigenvalue weighted by Crippen LogP contribution is 2.40. The van der Waals surface area contributed by atoms with Crippen LogP contribution in [0.1, 0.15) is 40.1 Å². The highest BCUT2D eigenvalue weighted by Gasteiger charge is 2.53. The lowest BCUT2D eigenvalue weighted by atomic mass is 9.89. The number of primary amides is 1. The zero-order valence-corrected chi connectivity index (χ0v) is 25.9. The third kappa shape index (κ3) is 6.30. The van der Waals surface area contributed by atoms with Gasteiger partial charge >= 0.3 is 11.7 Å². The number of nitrogens with zero attached hydrogens (tertiary/aromatic N) is 1. The monoisotopic (exact) mass is 668 g/mol. The van der Waals surface area contributed by atoms with Gasteiger partial charge in [0.2, 0.25) is 6.29 Å². The van der Waals surface area contributed by atoms with E-state index < -0.39 is 76.8 Å². The summed E-state index contributed by atoms with van der Waals surface area (Å²) < 4.78 is 55.1. The molecule has 1 aliphatic rings. The molecule has 5 rings (SSSR count). The number of carbonyl (C=O) groups is 3. The lowest BCUT2D eigenvalue weighted by Gasteiger charge is -2.47. The highest BCUT2D eigenvalue weighted by atomic mass is 19.1. The number of ether oxygens (including phenoxy) is 4. The molecule has 1 saturated heterocycles. The fraction of sp³-hybridized carbons (Fsp3) is 0.273. The number of aromatic hydroxyl groups is 1. The van der Waals surface area contributed by atoms with Crippen LogP contribution >= 0.6 is 0 Å². The Labute approximate surface area is 271 Å². The Morgan fingerprint density at radius 2 is 1.48 bits per heavy atom. The second-order valence-electron chi connectivity index (χ2n) is 11.4. The van der Waals surface area contributed by atoms with Crippen LogP contribution in [0.2, 0.25) is 0 Å². The smallest absolute Gasteiger partial charge is 0.404 e. The zero-order valence-electron chi connectivity index (χ0n) is 25.9. The molecule has 0 spiro atoms. The van der Waals surface area contributed by atoms with Crippen LogP contribution in [-0.2, 0) is 14.2 Å².